The molecule has 0 aromatic rings. The van der Waals surface area contributed by atoms with Crippen LogP contribution in [0.15, 0.2) is 0 Å². The second-order valence-corrected chi connectivity index (χ2v) is 3.41. The molecule has 82 valence electrons. The molecule has 3 N–H and O–H groups in total. The first-order valence-corrected chi connectivity index (χ1v) is 5.89. The van der Waals surface area contributed by atoms with Crippen LogP contribution in [0.1, 0.15) is 27.7 Å². The molecule has 5 heteroatoms. The molecule has 0 rings (SSSR count). The van der Waals surface area contributed by atoms with Gasteiger partial charge >= 0.3 is 8.60 Å². The molecule has 0 saturated heterocycles. The summed E-state index contributed by atoms with van der Waals surface area (Å²) < 4.78 is 1.28. The highest BCUT2D eigenvalue weighted by molar-refractivity contribution is 7.38. The van der Waals surface area contributed by atoms with Crippen molar-refractivity contribution in [1.82, 2.24) is 0 Å². The average Bonchev–Trinajstić information content (AvgIpc) is 2.09. The second kappa shape index (κ2) is 8.85. The van der Waals surface area contributed by atoms with Crippen molar-refractivity contribution >= 4 is 8.60 Å². The summed E-state index contributed by atoms with van der Waals surface area (Å²) in [5.74, 6) is 0. The van der Waals surface area contributed by atoms with Gasteiger partial charge in [0.2, 0.25) is 0 Å². The van der Waals surface area contributed by atoms with Crippen LogP contribution in [0.4, 0.5) is 0 Å². The lowest BCUT2D eigenvalue weighted by molar-refractivity contribution is -0.921. The van der Waals surface area contributed by atoms with Crippen LogP contribution in [0.2, 0.25) is 0 Å². The van der Waals surface area contributed by atoms with Gasteiger partial charge < -0.3 is 19.2 Å². The summed E-state index contributed by atoms with van der Waals surface area (Å²) in [6.07, 6.45) is 0. The van der Waals surface area contributed by atoms with E-state index in [1.54, 1.807) is 0 Å². The summed E-state index contributed by atoms with van der Waals surface area (Å²) in [4.78, 5) is 21.7. The van der Waals surface area contributed by atoms with E-state index < -0.39 is 8.60 Å². The number of nitrogens with zero attached hydrogens (tertiary/aromatic N) is 1. The van der Waals surface area contributed by atoms with Crippen LogP contribution in [-0.2, 0) is 0 Å². The van der Waals surface area contributed by atoms with Gasteiger partial charge in [0.25, 0.3) is 0 Å². The van der Waals surface area contributed by atoms with Crippen LogP contribution in [-0.4, -0.2) is 45.3 Å². The Kier molecular flexibility index (Phi) is 10.7. The highest BCUT2D eigenvalue weighted by atomic mass is 31.2. The molecule has 0 aromatic heterocycles. The van der Waals surface area contributed by atoms with Crippen LogP contribution >= 0.6 is 8.60 Å². The van der Waals surface area contributed by atoms with Gasteiger partial charge in [-0.3, -0.25) is 0 Å². The Labute approximate surface area is 82.4 Å². The highest BCUT2D eigenvalue weighted by Crippen LogP contribution is 2.11. The maximum absolute atomic E-state index is 7.23. The van der Waals surface area contributed by atoms with Crippen molar-refractivity contribution in [3.8, 4) is 0 Å². The number of hydrogen-bond acceptors (Lipinski definition) is 3. The molecule has 4 nitrogen and oxygen atoms in total. The molecule has 0 radical (unpaired) electrons. The third-order valence-electron chi connectivity index (χ3n) is 2.68. The lowest BCUT2D eigenvalue weighted by Crippen LogP contribution is -2.47. The predicted octanol–water partition coefficient (Wildman–Crippen LogP) is 1.07. The zero-order chi connectivity index (χ0) is 10.9. The highest BCUT2D eigenvalue weighted by Gasteiger charge is 2.16. The van der Waals surface area contributed by atoms with E-state index in [1.165, 1.54) is 30.7 Å². The molecule has 0 spiro atoms. The van der Waals surface area contributed by atoms with Gasteiger partial charge in [-0.1, -0.05) is 0 Å². The van der Waals surface area contributed by atoms with Gasteiger partial charge in [-0.15, -0.1) is 0 Å². The lowest BCUT2D eigenvalue weighted by Gasteiger charge is -2.34. The smallest absolute Gasteiger partial charge is 0.324 e. The number of rotatable bonds is 4. The standard InChI is InChI=1S/C8H20N.H3O3P/c1-5-9(6-2,7-3)8-4;1-4(2)3/h5-8H2,1-4H3;1-3H/q+1;. The summed E-state index contributed by atoms with van der Waals surface area (Å²) in [6, 6.07) is 0. The summed E-state index contributed by atoms with van der Waals surface area (Å²) >= 11 is 0. The van der Waals surface area contributed by atoms with E-state index >= 15 is 0 Å². The molecule has 0 aliphatic heterocycles. The summed E-state index contributed by atoms with van der Waals surface area (Å²) in [5.41, 5.74) is 0. The van der Waals surface area contributed by atoms with E-state index in [1.807, 2.05) is 0 Å². The Bertz CT molecular complexity index is 87.3. The maximum Gasteiger partial charge on any atom is 0.324 e. The molecule has 13 heavy (non-hydrogen) atoms. The molecule has 0 bridgehead atoms. The van der Waals surface area contributed by atoms with E-state index in [0.717, 1.165) is 0 Å². The second-order valence-electron chi connectivity index (χ2n) is 2.87. The molecule has 0 aliphatic rings. The molecule has 0 atom stereocenters. The fourth-order valence-electron chi connectivity index (χ4n) is 1.34. The van der Waals surface area contributed by atoms with Crippen LogP contribution in [0.25, 0.3) is 0 Å². The lowest BCUT2D eigenvalue weighted by atomic mass is 10.3. The van der Waals surface area contributed by atoms with E-state index in [4.69, 9.17) is 14.7 Å². The average molecular weight is 212 g/mol. The SMILES string of the molecule is CC[N+](CC)(CC)CC.OP(O)O. The Morgan fingerprint density at radius 1 is 0.769 bits per heavy atom. The molecule has 0 amide bonds. The van der Waals surface area contributed by atoms with E-state index in [2.05, 4.69) is 27.7 Å². The minimum Gasteiger partial charge on any atom is -0.328 e. The molecular weight excluding hydrogens is 189 g/mol. The third kappa shape index (κ3) is 8.60. The maximum atomic E-state index is 7.23. The molecule has 0 unspecified atom stereocenters. The van der Waals surface area contributed by atoms with Gasteiger partial charge in [0.15, 0.2) is 0 Å². The minimum absolute atomic E-state index is 1.28. The zero-order valence-electron chi connectivity index (χ0n) is 9.06. The first-order chi connectivity index (χ1) is 5.97. The first kappa shape index (κ1) is 15.7. The van der Waals surface area contributed by atoms with Crippen LogP contribution in [0.3, 0.4) is 0 Å². The normalized spacial score (nSPS) is 11.1. The molecule has 0 heterocycles. The van der Waals surface area contributed by atoms with Crippen molar-refractivity contribution < 1.29 is 19.2 Å². The van der Waals surface area contributed by atoms with Gasteiger partial charge in [0, 0.05) is 0 Å². The summed E-state index contributed by atoms with van der Waals surface area (Å²) in [5, 5.41) is 0. The van der Waals surface area contributed by atoms with Gasteiger partial charge in [0.1, 0.15) is 0 Å². The molecular formula is C8H23NO3P+. The minimum atomic E-state index is -2.62. The fraction of sp³-hybridized carbons (Fsp3) is 1.00. The number of quaternary nitrogens is 1. The third-order valence-corrected chi connectivity index (χ3v) is 2.68. The Morgan fingerprint density at radius 3 is 0.923 bits per heavy atom. The largest absolute Gasteiger partial charge is 0.328 e. The zero-order valence-corrected chi connectivity index (χ0v) is 9.96. The van der Waals surface area contributed by atoms with Crippen molar-refractivity contribution in [2.75, 3.05) is 26.2 Å². The monoisotopic (exact) mass is 212 g/mol. The molecule has 0 aromatic carbocycles. The van der Waals surface area contributed by atoms with E-state index in [9.17, 15) is 0 Å². The fourth-order valence-corrected chi connectivity index (χ4v) is 1.34. The van der Waals surface area contributed by atoms with Crippen LogP contribution in [0, 0.1) is 0 Å². The number of hydrogen-bond donors (Lipinski definition) is 3. The van der Waals surface area contributed by atoms with Crippen LogP contribution < -0.4 is 0 Å². The van der Waals surface area contributed by atoms with Crippen molar-refractivity contribution in [3.63, 3.8) is 0 Å². The first-order valence-electron chi connectivity index (χ1n) is 4.69. The Morgan fingerprint density at radius 2 is 0.923 bits per heavy atom. The van der Waals surface area contributed by atoms with Gasteiger partial charge in [-0.25, -0.2) is 0 Å². The van der Waals surface area contributed by atoms with E-state index in [0.29, 0.717) is 0 Å². The van der Waals surface area contributed by atoms with Gasteiger partial charge in [0.05, 0.1) is 26.2 Å². The molecule has 0 fully saturated rings. The van der Waals surface area contributed by atoms with Crippen molar-refractivity contribution in [3.05, 3.63) is 0 Å². The van der Waals surface area contributed by atoms with Gasteiger partial charge in [-0.2, -0.15) is 0 Å². The molecule has 0 saturated carbocycles. The van der Waals surface area contributed by atoms with Crippen molar-refractivity contribution in [1.29, 1.82) is 0 Å². The van der Waals surface area contributed by atoms with Gasteiger partial charge in [-0.05, 0) is 27.7 Å². The summed E-state index contributed by atoms with van der Waals surface area (Å²) in [7, 11) is -2.62. The predicted molar refractivity (Wildman–Crippen MR) is 56.0 cm³/mol. The Hall–Kier alpha value is 0.270. The van der Waals surface area contributed by atoms with Crippen molar-refractivity contribution in [2.45, 2.75) is 27.7 Å². The molecule has 0 aliphatic carbocycles. The topological polar surface area (TPSA) is 60.7 Å². The summed E-state index contributed by atoms with van der Waals surface area (Å²) in [6.45, 7) is 14.2. The quantitative estimate of drug-likeness (QED) is 0.482. The van der Waals surface area contributed by atoms with Crippen molar-refractivity contribution in [2.24, 2.45) is 0 Å². The van der Waals surface area contributed by atoms with E-state index in [-0.39, 0.29) is 0 Å². The Balaban J connectivity index is 0. The van der Waals surface area contributed by atoms with Crippen LogP contribution in [0.5, 0.6) is 0 Å².